The lowest BCUT2D eigenvalue weighted by atomic mass is 10.1. The van der Waals surface area contributed by atoms with E-state index >= 15 is 0 Å². The molecule has 0 aliphatic heterocycles. The number of halogens is 6. The number of pyridine rings is 1. The monoisotopic (exact) mass is 461 g/mol. The standard InChI is InChI=1S/C19H13F6N3O2S/c20-18(21,22)12-3-1-2-11(6-12)7-14-8-26-17(31-14)27-15(29)10-28-9-13(19(23,24)25)4-5-16(28)30/h1-6,8-9H,7,10H2,(H,26,27,29). The number of thiazole rings is 1. The van der Waals surface area contributed by atoms with E-state index in [1.165, 1.54) is 18.3 Å². The van der Waals surface area contributed by atoms with Gasteiger partial charge < -0.3 is 9.88 Å². The van der Waals surface area contributed by atoms with Crippen molar-refractivity contribution in [3.63, 3.8) is 0 Å². The minimum atomic E-state index is -4.67. The molecule has 0 unspecified atom stereocenters. The van der Waals surface area contributed by atoms with Gasteiger partial charge in [-0.3, -0.25) is 9.59 Å². The maximum atomic E-state index is 12.8. The van der Waals surface area contributed by atoms with Gasteiger partial charge in [-0.25, -0.2) is 4.98 Å². The van der Waals surface area contributed by atoms with Crippen molar-refractivity contribution in [2.45, 2.75) is 25.3 Å². The molecule has 0 fully saturated rings. The number of carbonyl (C=O) groups excluding carboxylic acids is 1. The second kappa shape index (κ2) is 8.53. The largest absolute Gasteiger partial charge is 0.417 e. The second-order valence-electron chi connectivity index (χ2n) is 6.44. The highest BCUT2D eigenvalue weighted by molar-refractivity contribution is 7.15. The number of alkyl halides is 6. The van der Waals surface area contributed by atoms with Crippen molar-refractivity contribution in [3.8, 4) is 0 Å². The molecule has 31 heavy (non-hydrogen) atoms. The molecule has 0 saturated carbocycles. The van der Waals surface area contributed by atoms with Crippen LogP contribution < -0.4 is 10.9 Å². The van der Waals surface area contributed by atoms with E-state index in [2.05, 4.69) is 10.3 Å². The number of hydrogen-bond acceptors (Lipinski definition) is 4. The van der Waals surface area contributed by atoms with Gasteiger partial charge in [-0.05, 0) is 17.7 Å². The lowest BCUT2D eigenvalue weighted by Gasteiger charge is -2.10. The summed E-state index contributed by atoms with van der Waals surface area (Å²) in [7, 11) is 0. The fourth-order valence-corrected chi connectivity index (χ4v) is 3.50. The van der Waals surface area contributed by atoms with Crippen LogP contribution in [0.25, 0.3) is 0 Å². The summed E-state index contributed by atoms with van der Waals surface area (Å²) in [6.07, 6.45) is -7.08. The topological polar surface area (TPSA) is 64.0 Å². The van der Waals surface area contributed by atoms with Gasteiger partial charge in [0.1, 0.15) is 6.54 Å². The SMILES string of the molecule is O=C(Cn1cc(C(F)(F)F)ccc1=O)Nc1ncc(Cc2cccc(C(F)(F)F)c2)s1. The Bertz CT molecular complexity index is 1150. The number of anilines is 1. The van der Waals surface area contributed by atoms with Gasteiger partial charge in [-0.15, -0.1) is 11.3 Å². The Balaban J connectivity index is 1.67. The predicted molar refractivity (Wildman–Crippen MR) is 101 cm³/mol. The van der Waals surface area contributed by atoms with E-state index in [1.807, 2.05) is 0 Å². The summed E-state index contributed by atoms with van der Waals surface area (Å²) in [6, 6.07) is 6.11. The van der Waals surface area contributed by atoms with E-state index in [0.717, 1.165) is 23.5 Å². The molecule has 0 aliphatic rings. The summed E-state index contributed by atoms with van der Waals surface area (Å²) >= 11 is 1.000. The molecule has 164 valence electrons. The minimum Gasteiger partial charge on any atom is -0.305 e. The molecule has 0 atom stereocenters. The van der Waals surface area contributed by atoms with Crippen LogP contribution in [-0.4, -0.2) is 15.5 Å². The Morgan fingerprint density at radius 3 is 2.42 bits per heavy atom. The molecule has 3 aromatic rings. The van der Waals surface area contributed by atoms with Crippen molar-refractivity contribution >= 4 is 22.4 Å². The van der Waals surface area contributed by atoms with Crippen LogP contribution >= 0.6 is 11.3 Å². The van der Waals surface area contributed by atoms with E-state index in [-0.39, 0.29) is 11.6 Å². The fourth-order valence-electron chi connectivity index (χ4n) is 2.64. The van der Waals surface area contributed by atoms with Crippen molar-refractivity contribution in [1.29, 1.82) is 0 Å². The summed E-state index contributed by atoms with van der Waals surface area (Å²) in [5.74, 6) is -0.776. The van der Waals surface area contributed by atoms with E-state index < -0.39 is 41.5 Å². The van der Waals surface area contributed by atoms with Crippen molar-refractivity contribution in [1.82, 2.24) is 9.55 Å². The average Bonchev–Trinajstić information content (AvgIpc) is 3.08. The Morgan fingerprint density at radius 1 is 1.03 bits per heavy atom. The molecule has 5 nitrogen and oxygen atoms in total. The number of rotatable bonds is 5. The molecule has 1 aromatic carbocycles. The van der Waals surface area contributed by atoms with Gasteiger partial charge in [0, 0.05) is 29.8 Å². The Labute approximate surface area is 175 Å². The summed E-state index contributed by atoms with van der Waals surface area (Å²) < 4.78 is 77.4. The third-order valence-corrected chi connectivity index (χ3v) is 4.97. The first-order valence-corrected chi connectivity index (χ1v) is 9.42. The minimum absolute atomic E-state index is 0.104. The molecular formula is C19H13F6N3O2S. The highest BCUT2D eigenvalue weighted by Gasteiger charge is 2.31. The molecule has 3 rings (SSSR count). The molecule has 12 heteroatoms. The van der Waals surface area contributed by atoms with Crippen LogP contribution in [0, 0.1) is 0 Å². The normalized spacial score (nSPS) is 12.1. The van der Waals surface area contributed by atoms with Gasteiger partial charge in [0.2, 0.25) is 5.91 Å². The third-order valence-electron chi connectivity index (χ3n) is 4.06. The number of carbonyl (C=O) groups is 1. The first-order valence-electron chi connectivity index (χ1n) is 8.60. The Hall–Kier alpha value is -3.15. The van der Waals surface area contributed by atoms with Gasteiger partial charge in [0.05, 0.1) is 11.1 Å². The predicted octanol–water partition coefficient (Wildman–Crippen LogP) is 4.57. The number of amides is 1. The van der Waals surface area contributed by atoms with Gasteiger partial charge in [-0.1, -0.05) is 18.2 Å². The Kier molecular flexibility index (Phi) is 6.20. The summed E-state index contributed by atoms with van der Waals surface area (Å²) in [5.41, 5.74) is -2.24. The summed E-state index contributed by atoms with van der Waals surface area (Å²) in [4.78, 5) is 28.3. The van der Waals surface area contributed by atoms with E-state index in [0.29, 0.717) is 33.3 Å². The van der Waals surface area contributed by atoms with Crippen molar-refractivity contribution < 1.29 is 31.1 Å². The molecule has 0 aliphatic carbocycles. The zero-order valence-electron chi connectivity index (χ0n) is 15.4. The Morgan fingerprint density at radius 2 is 1.74 bits per heavy atom. The molecule has 2 aromatic heterocycles. The molecule has 2 heterocycles. The summed E-state index contributed by atoms with van der Waals surface area (Å²) in [6.45, 7) is -0.661. The smallest absolute Gasteiger partial charge is 0.305 e. The number of nitrogens with zero attached hydrogens (tertiary/aromatic N) is 2. The molecule has 0 saturated heterocycles. The van der Waals surface area contributed by atoms with Crippen LogP contribution in [0.15, 0.2) is 53.6 Å². The molecule has 0 radical (unpaired) electrons. The fraction of sp³-hybridized carbons (Fsp3) is 0.211. The van der Waals surface area contributed by atoms with E-state index in [4.69, 9.17) is 0 Å². The van der Waals surface area contributed by atoms with Gasteiger partial charge in [0.15, 0.2) is 5.13 Å². The number of hydrogen-bond donors (Lipinski definition) is 1. The highest BCUT2D eigenvalue weighted by Crippen LogP contribution is 2.31. The molecule has 1 N–H and O–H groups in total. The zero-order chi connectivity index (χ0) is 22.8. The van der Waals surface area contributed by atoms with Gasteiger partial charge in [-0.2, -0.15) is 26.3 Å². The van der Waals surface area contributed by atoms with Crippen LogP contribution in [0.4, 0.5) is 31.5 Å². The van der Waals surface area contributed by atoms with Crippen LogP contribution in [0.5, 0.6) is 0 Å². The van der Waals surface area contributed by atoms with Crippen molar-refractivity contribution in [3.05, 3.63) is 80.7 Å². The van der Waals surface area contributed by atoms with E-state index in [9.17, 15) is 35.9 Å². The van der Waals surface area contributed by atoms with Crippen LogP contribution in [0.2, 0.25) is 0 Å². The highest BCUT2D eigenvalue weighted by atomic mass is 32.1. The van der Waals surface area contributed by atoms with Crippen LogP contribution in [0.3, 0.4) is 0 Å². The third kappa shape index (κ3) is 5.94. The van der Waals surface area contributed by atoms with Crippen LogP contribution in [-0.2, 0) is 30.1 Å². The number of aromatic nitrogens is 2. The lowest BCUT2D eigenvalue weighted by molar-refractivity contribution is -0.138. The summed E-state index contributed by atoms with van der Waals surface area (Å²) in [5, 5.41) is 2.47. The second-order valence-corrected chi connectivity index (χ2v) is 7.55. The maximum Gasteiger partial charge on any atom is 0.417 e. The van der Waals surface area contributed by atoms with Gasteiger partial charge in [0.25, 0.3) is 5.56 Å². The van der Waals surface area contributed by atoms with Gasteiger partial charge >= 0.3 is 12.4 Å². The zero-order valence-corrected chi connectivity index (χ0v) is 16.2. The molecule has 0 bridgehead atoms. The lowest BCUT2D eigenvalue weighted by Crippen LogP contribution is -2.28. The first kappa shape index (κ1) is 22.5. The van der Waals surface area contributed by atoms with Crippen LogP contribution in [0.1, 0.15) is 21.6 Å². The molecule has 1 amide bonds. The van der Waals surface area contributed by atoms with Crippen molar-refractivity contribution in [2.75, 3.05) is 5.32 Å². The maximum absolute atomic E-state index is 12.8. The first-order chi connectivity index (χ1) is 14.4. The number of nitrogens with one attached hydrogen (secondary N) is 1. The molecular weight excluding hydrogens is 448 g/mol. The quantitative estimate of drug-likeness (QED) is 0.567. The van der Waals surface area contributed by atoms with Crippen molar-refractivity contribution in [2.24, 2.45) is 0 Å². The average molecular weight is 461 g/mol. The number of benzene rings is 1. The molecule has 0 spiro atoms. The van der Waals surface area contributed by atoms with E-state index in [1.54, 1.807) is 0 Å².